The number of hydrogen-bond donors (Lipinski definition) is 0. The molecular formula is C18H16O2. The lowest BCUT2D eigenvalue weighted by molar-refractivity contribution is 0.174. The molecule has 0 radical (unpaired) electrons. The van der Waals surface area contributed by atoms with Crippen LogP contribution in [0.5, 0.6) is 11.5 Å². The van der Waals surface area contributed by atoms with E-state index in [1.54, 1.807) is 0 Å². The first-order valence-corrected chi connectivity index (χ1v) is 6.83. The second-order valence-corrected chi connectivity index (χ2v) is 4.71. The first-order valence-electron chi connectivity index (χ1n) is 6.83. The molecule has 0 fully saturated rings. The van der Waals surface area contributed by atoms with Crippen LogP contribution in [0.4, 0.5) is 0 Å². The Bertz CT molecular complexity index is 650. The van der Waals surface area contributed by atoms with Crippen molar-refractivity contribution >= 4 is 0 Å². The van der Waals surface area contributed by atoms with Gasteiger partial charge in [-0.2, -0.15) is 0 Å². The number of hydrogen-bond acceptors (Lipinski definition) is 2. The minimum absolute atomic E-state index is 0.265. The summed E-state index contributed by atoms with van der Waals surface area (Å²) < 4.78 is 10.7. The fourth-order valence-corrected chi connectivity index (χ4v) is 2.25. The van der Waals surface area contributed by atoms with E-state index in [0.29, 0.717) is 6.79 Å². The molecule has 2 nitrogen and oxygen atoms in total. The molecule has 1 aliphatic heterocycles. The fourth-order valence-electron chi connectivity index (χ4n) is 2.25. The number of fused-ring (bicyclic) bond motifs is 1. The summed E-state index contributed by atoms with van der Waals surface area (Å²) in [7, 11) is 0. The van der Waals surface area contributed by atoms with Crippen LogP contribution in [0.15, 0.2) is 48.5 Å². The Balaban J connectivity index is 1.83. The van der Waals surface area contributed by atoms with Gasteiger partial charge in [-0.1, -0.05) is 49.1 Å². The van der Waals surface area contributed by atoms with Crippen LogP contribution >= 0.6 is 0 Å². The molecule has 1 aliphatic rings. The smallest absolute Gasteiger partial charge is 0.231 e. The van der Waals surface area contributed by atoms with E-state index in [0.717, 1.165) is 23.5 Å². The zero-order valence-electron chi connectivity index (χ0n) is 11.4. The normalized spacial score (nSPS) is 13.4. The lowest BCUT2D eigenvalue weighted by Crippen LogP contribution is -1.93. The number of benzene rings is 2. The Kier molecular flexibility index (Phi) is 3.60. The van der Waals surface area contributed by atoms with Crippen molar-refractivity contribution in [3.63, 3.8) is 0 Å². The zero-order chi connectivity index (χ0) is 13.8. The van der Waals surface area contributed by atoms with Gasteiger partial charge in [-0.25, -0.2) is 0 Å². The molecule has 2 heteroatoms. The molecule has 1 atom stereocenters. The first-order chi connectivity index (χ1) is 9.86. The van der Waals surface area contributed by atoms with Crippen LogP contribution in [0.3, 0.4) is 0 Å². The van der Waals surface area contributed by atoms with Crippen LogP contribution < -0.4 is 9.47 Å². The van der Waals surface area contributed by atoms with Gasteiger partial charge in [0.05, 0.1) is 0 Å². The van der Waals surface area contributed by atoms with Crippen LogP contribution in [0.2, 0.25) is 0 Å². The van der Waals surface area contributed by atoms with Gasteiger partial charge < -0.3 is 9.47 Å². The van der Waals surface area contributed by atoms with Crippen molar-refractivity contribution in [1.29, 1.82) is 0 Å². The Labute approximate surface area is 119 Å². The van der Waals surface area contributed by atoms with Gasteiger partial charge in [-0.3, -0.25) is 0 Å². The van der Waals surface area contributed by atoms with E-state index in [9.17, 15) is 0 Å². The zero-order valence-corrected chi connectivity index (χ0v) is 11.4. The minimum atomic E-state index is 0.265. The van der Waals surface area contributed by atoms with Crippen LogP contribution in [0.25, 0.3) is 0 Å². The molecule has 1 heterocycles. The highest BCUT2D eigenvalue weighted by molar-refractivity contribution is 5.50. The lowest BCUT2D eigenvalue weighted by atomic mass is 9.97. The van der Waals surface area contributed by atoms with E-state index in [1.807, 2.05) is 24.3 Å². The molecule has 0 N–H and O–H groups in total. The molecule has 3 rings (SSSR count). The summed E-state index contributed by atoms with van der Waals surface area (Å²) >= 11 is 0. The molecule has 0 spiro atoms. The Hall–Kier alpha value is -2.40. The standard InChI is InChI=1S/C18H16O2/c1-2-15(16-6-4-3-5-7-16)10-8-14-9-11-17-18(12-14)20-13-19-17/h3-7,9,11-12,15H,2,13H2,1H3/t15-/m0/s1. The maximum absolute atomic E-state index is 5.37. The van der Waals surface area contributed by atoms with E-state index >= 15 is 0 Å². The van der Waals surface area contributed by atoms with Crippen molar-refractivity contribution in [3.8, 4) is 23.3 Å². The third-order valence-electron chi connectivity index (χ3n) is 3.37. The monoisotopic (exact) mass is 264 g/mol. The molecule has 20 heavy (non-hydrogen) atoms. The van der Waals surface area contributed by atoms with Gasteiger partial charge in [0.2, 0.25) is 6.79 Å². The molecule has 0 bridgehead atoms. The molecule has 0 unspecified atom stereocenters. The van der Waals surface area contributed by atoms with E-state index in [4.69, 9.17) is 9.47 Å². The van der Waals surface area contributed by atoms with Crippen molar-refractivity contribution in [3.05, 3.63) is 59.7 Å². The van der Waals surface area contributed by atoms with Crippen LogP contribution in [-0.4, -0.2) is 6.79 Å². The predicted molar refractivity (Wildman–Crippen MR) is 78.9 cm³/mol. The third kappa shape index (κ3) is 2.62. The number of ether oxygens (including phenoxy) is 2. The molecule has 100 valence electrons. The summed E-state index contributed by atoms with van der Waals surface area (Å²) in [6.45, 7) is 2.46. The van der Waals surface area contributed by atoms with Gasteiger partial charge >= 0.3 is 0 Å². The maximum Gasteiger partial charge on any atom is 0.231 e. The Morgan fingerprint density at radius 3 is 2.65 bits per heavy atom. The predicted octanol–water partition coefficient (Wildman–Crippen LogP) is 3.96. The molecule has 2 aromatic rings. The molecule has 0 aliphatic carbocycles. The molecular weight excluding hydrogens is 248 g/mol. The van der Waals surface area contributed by atoms with Gasteiger partial charge in [0, 0.05) is 11.5 Å². The quantitative estimate of drug-likeness (QED) is 0.764. The summed E-state index contributed by atoms with van der Waals surface area (Å²) in [6.07, 6.45) is 1.00. The maximum atomic E-state index is 5.37. The summed E-state index contributed by atoms with van der Waals surface area (Å²) in [5.41, 5.74) is 2.23. The third-order valence-corrected chi connectivity index (χ3v) is 3.37. The lowest BCUT2D eigenvalue weighted by Gasteiger charge is -2.07. The van der Waals surface area contributed by atoms with E-state index in [1.165, 1.54) is 5.56 Å². The van der Waals surface area contributed by atoms with Crippen molar-refractivity contribution in [2.75, 3.05) is 6.79 Å². The van der Waals surface area contributed by atoms with Gasteiger partial charge in [0.1, 0.15) is 0 Å². The van der Waals surface area contributed by atoms with Gasteiger partial charge in [0.25, 0.3) is 0 Å². The summed E-state index contributed by atoms with van der Waals surface area (Å²) in [5.74, 6) is 8.43. The van der Waals surface area contributed by atoms with E-state index < -0.39 is 0 Å². The van der Waals surface area contributed by atoms with Crippen LogP contribution in [-0.2, 0) is 0 Å². The first kappa shape index (κ1) is 12.6. The van der Waals surface area contributed by atoms with Gasteiger partial charge in [-0.15, -0.1) is 0 Å². The van der Waals surface area contributed by atoms with Crippen molar-refractivity contribution in [2.45, 2.75) is 19.3 Å². The van der Waals surface area contributed by atoms with Gasteiger partial charge in [-0.05, 0) is 30.2 Å². The number of rotatable bonds is 2. The summed E-state index contributed by atoms with van der Waals surface area (Å²) in [6, 6.07) is 16.2. The van der Waals surface area contributed by atoms with Crippen molar-refractivity contribution in [2.24, 2.45) is 0 Å². The average molecular weight is 264 g/mol. The Morgan fingerprint density at radius 2 is 1.85 bits per heavy atom. The summed E-state index contributed by atoms with van der Waals surface area (Å²) in [4.78, 5) is 0. The van der Waals surface area contributed by atoms with E-state index in [2.05, 4.69) is 43.0 Å². The highest BCUT2D eigenvalue weighted by Crippen LogP contribution is 2.32. The Morgan fingerprint density at radius 1 is 1.05 bits per heavy atom. The fraction of sp³-hybridized carbons (Fsp3) is 0.222. The second kappa shape index (κ2) is 5.71. The van der Waals surface area contributed by atoms with Crippen LogP contribution in [0.1, 0.15) is 30.4 Å². The molecule has 0 saturated carbocycles. The molecule has 0 amide bonds. The SMILES string of the molecule is CC[C@@H](C#Cc1ccc2c(c1)OCO2)c1ccccc1. The average Bonchev–Trinajstić information content (AvgIpc) is 2.96. The second-order valence-electron chi connectivity index (χ2n) is 4.71. The largest absolute Gasteiger partial charge is 0.454 e. The minimum Gasteiger partial charge on any atom is -0.454 e. The van der Waals surface area contributed by atoms with E-state index in [-0.39, 0.29) is 5.92 Å². The summed E-state index contributed by atoms with van der Waals surface area (Å²) in [5, 5.41) is 0. The molecule has 2 aromatic carbocycles. The van der Waals surface area contributed by atoms with Crippen molar-refractivity contribution < 1.29 is 9.47 Å². The highest BCUT2D eigenvalue weighted by atomic mass is 16.7. The highest BCUT2D eigenvalue weighted by Gasteiger charge is 2.12. The topological polar surface area (TPSA) is 18.5 Å². The van der Waals surface area contributed by atoms with Gasteiger partial charge in [0.15, 0.2) is 11.5 Å². The van der Waals surface area contributed by atoms with Crippen LogP contribution in [0, 0.1) is 11.8 Å². The molecule has 0 aromatic heterocycles. The molecule has 0 saturated heterocycles. The van der Waals surface area contributed by atoms with Crippen molar-refractivity contribution in [1.82, 2.24) is 0 Å².